The highest BCUT2D eigenvalue weighted by Gasteiger charge is 2.24. The molecule has 2 atom stereocenters. The zero-order valence-electron chi connectivity index (χ0n) is 24.0. The summed E-state index contributed by atoms with van der Waals surface area (Å²) in [5.74, 6) is 0.542. The van der Waals surface area contributed by atoms with Crippen molar-refractivity contribution in [1.29, 1.82) is 0 Å². The third-order valence-corrected chi connectivity index (χ3v) is 6.95. The fraction of sp³-hybridized carbons (Fsp3) is 0.235. The fourth-order valence-corrected chi connectivity index (χ4v) is 4.99. The number of nitrogens with one attached hydrogen (secondary N) is 1. The second-order valence-corrected chi connectivity index (χ2v) is 10.1. The molecule has 5 rings (SSSR count). The molecule has 3 N–H and O–H groups in total. The summed E-state index contributed by atoms with van der Waals surface area (Å²) in [7, 11) is 0. The van der Waals surface area contributed by atoms with Gasteiger partial charge in [0.15, 0.2) is 5.82 Å². The van der Waals surface area contributed by atoms with Crippen molar-refractivity contribution in [2.24, 2.45) is 0 Å². The average Bonchev–Trinajstić information content (AvgIpc) is 3.41. The lowest BCUT2D eigenvalue weighted by atomic mass is 9.95. The van der Waals surface area contributed by atoms with Gasteiger partial charge in [0, 0.05) is 34.6 Å². The number of benzene rings is 3. The molecular formula is C34H35N5O4. The summed E-state index contributed by atoms with van der Waals surface area (Å²) in [4.78, 5) is 21.0. The normalized spacial score (nSPS) is 12.4. The van der Waals surface area contributed by atoms with Crippen LogP contribution >= 0.6 is 0 Å². The molecule has 0 bridgehead atoms. The van der Waals surface area contributed by atoms with Crippen LogP contribution in [0.25, 0.3) is 28.3 Å². The van der Waals surface area contributed by atoms with Crippen molar-refractivity contribution in [2.75, 3.05) is 11.9 Å². The van der Waals surface area contributed by atoms with Gasteiger partial charge in [0.25, 0.3) is 0 Å². The summed E-state index contributed by atoms with van der Waals surface area (Å²) in [6.07, 6.45) is 0.615. The van der Waals surface area contributed by atoms with Gasteiger partial charge in [-0.15, -0.1) is 0 Å². The van der Waals surface area contributed by atoms with Gasteiger partial charge in [-0.05, 0) is 38.3 Å². The van der Waals surface area contributed by atoms with Gasteiger partial charge in [0.05, 0.1) is 36.6 Å². The van der Waals surface area contributed by atoms with Crippen molar-refractivity contribution >= 4 is 17.6 Å². The Bertz CT molecular complexity index is 1610. The second kappa shape index (κ2) is 14.4. The van der Waals surface area contributed by atoms with Crippen molar-refractivity contribution in [3.8, 4) is 28.3 Å². The number of anilines is 2. The van der Waals surface area contributed by atoms with E-state index >= 15 is 0 Å². The number of carbonyl (C=O) groups is 1. The van der Waals surface area contributed by atoms with Crippen molar-refractivity contribution < 1.29 is 19.7 Å². The quantitative estimate of drug-likeness (QED) is 0.152. The third kappa shape index (κ3) is 7.71. The maximum atomic E-state index is 11.8. The number of esters is 1. The molecule has 0 aliphatic heterocycles. The number of aromatic nitrogens is 4. The second-order valence-electron chi connectivity index (χ2n) is 10.1. The number of aliphatic hydroxyl groups excluding tert-OH is 2. The molecule has 0 saturated heterocycles. The molecule has 9 nitrogen and oxygen atoms in total. The van der Waals surface area contributed by atoms with Gasteiger partial charge in [-0.1, -0.05) is 78.9 Å². The highest BCUT2D eigenvalue weighted by Crippen LogP contribution is 2.35. The number of aliphatic hydroxyl groups is 2. The van der Waals surface area contributed by atoms with Gasteiger partial charge in [0.1, 0.15) is 0 Å². The molecule has 2 aromatic heterocycles. The molecule has 0 amide bonds. The van der Waals surface area contributed by atoms with E-state index in [2.05, 4.69) is 10.3 Å². The molecule has 9 heteroatoms. The van der Waals surface area contributed by atoms with E-state index in [-0.39, 0.29) is 19.4 Å². The van der Waals surface area contributed by atoms with Crippen LogP contribution in [0.15, 0.2) is 103 Å². The molecular weight excluding hydrogens is 542 g/mol. The Kier molecular flexibility index (Phi) is 9.89. The molecule has 0 unspecified atom stereocenters. The first-order valence-electron chi connectivity index (χ1n) is 14.4. The summed E-state index contributed by atoms with van der Waals surface area (Å²) in [6.45, 7) is 1.97. The molecule has 0 saturated carbocycles. The Morgan fingerprint density at radius 2 is 1.53 bits per heavy atom. The molecule has 0 radical (unpaired) electrons. The molecule has 3 aromatic carbocycles. The average molecular weight is 578 g/mol. The lowest BCUT2D eigenvalue weighted by Gasteiger charge is -2.16. The Hall–Kier alpha value is -4.86. The van der Waals surface area contributed by atoms with E-state index in [1.54, 1.807) is 13.1 Å². The van der Waals surface area contributed by atoms with Crippen LogP contribution in [-0.4, -0.2) is 54.7 Å². The minimum absolute atomic E-state index is 0.0642. The Morgan fingerprint density at radius 1 is 0.884 bits per heavy atom. The molecule has 0 aliphatic rings. The standard InChI is InChI=1S/C34H35N5O4/c1-2-43-31(42)23-28(41)22-27(40)18-19-29-32(24-12-6-3-7-13-24)38-39(33(29)25-14-8-4-9-15-25)30-20-21-35-34(37-30)36-26-16-10-5-11-17-26/h3-17,20-21,27-28,40-41H,2,18-19,22-23H2,1H3,(H,35,36,37)/t27-,28-/m1/s1. The van der Waals surface area contributed by atoms with E-state index in [1.165, 1.54) is 0 Å². The number of hydrogen-bond acceptors (Lipinski definition) is 8. The number of para-hydroxylation sites is 1. The van der Waals surface area contributed by atoms with E-state index < -0.39 is 18.2 Å². The SMILES string of the molecule is CCOC(=O)C[C@H](O)C[C@H](O)CCc1c(-c2ccccc2)nn(-c2ccnc(Nc3ccccc3)n2)c1-c1ccccc1. The molecule has 0 fully saturated rings. The maximum Gasteiger partial charge on any atom is 0.308 e. The highest BCUT2D eigenvalue weighted by atomic mass is 16.5. The van der Waals surface area contributed by atoms with Crippen molar-refractivity contribution in [3.63, 3.8) is 0 Å². The first kappa shape index (κ1) is 29.6. The predicted octanol–water partition coefficient (Wildman–Crippen LogP) is 5.74. The molecule has 220 valence electrons. The minimum Gasteiger partial charge on any atom is -0.466 e. The minimum atomic E-state index is -0.990. The van der Waals surface area contributed by atoms with Crippen LogP contribution in [0.2, 0.25) is 0 Å². The first-order chi connectivity index (χ1) is 21.0. The summed E-state index contributed by atoms with van der Waals surface area (Å²) in [6, 6.07) is 31.4. The van der Waals surface area contributed by atoms with Crippen LogP contribution in [0, 0.1) is 0 Å². The summed E-state index contributed by atoms with van der Waals surface area (Å²) >= 11 is 0. The Balaban J connectivity index is 1.52. The van der Waals surface area contributed by atoms with E-state index in [1.807, 2.05) is 102 Å². The van der Waals surface area contributed by atoms with Gasteiger partial charge >= 0.3 is 5.97 Å². The number of rotatable bonds is 13. The van der Waals surface area contributed by atoms with Crippen molar-refractivity contribution in [1.82, 2.24) is 19.7 Å². The molecule has 0 aliphatic carbocycles. The zero-order valence-corrected chi connectivity index (χ0v) is 24.0. The van der Waals surface area contributed by atoms with Crippen LogP contribution in [0.1, 0.15) is 31.7 Å². The van der Waals surface area contributed by atoms with Crippen LogP contribution in [0.5, 0.6) is 0 Å². The third-order valence-electron chi connectivity index (χ3n) is 6.95. The summed E-state index contributed by atoms with van der Waals surface area (Å²) < 4.78 is 6.76. The van der Waals surface area contributed by atoms with E-state index in [4.69, 9.17) is 14.8 Å². The number of nitrogens with zero attached hydrogens (tertiary/aromatic N) is 4. The molecule has 0 spiro atoms. The van der Waals surface area contributed by atoms with Crippen LogP contribution < -0.4 is 5.32 Å². The van der Waals surface area contributed by atoms with Gasteiger partial charge in [-0.3, -0.25) is 4.79 Å². The zero-order chi connectivity index (χ0) is 30.0. The smallest absolute Gasteiger partial charge is 0.308 e. The van der Waals surface area contributed by atoms with Crippen LogP contribution in [0.3, 0.4) is 0 Å². The monoisotopic (exact) mass is 577 g/mol. The van der Waals surface area contributed by atoms with Gasteiger partial charge in [0.2, 0.25) is 5.95 Å². The summed E-state index contributed by atoms with van der Waals surface area (Å²) in [5, 5.41) is 29.6. The number of ether oxygens (including phenoxy) is 1. The fourth-order valence-electron chi connectivity index (χ4n) is 4.99. The number of carbonyl (C=O) groups excluding carboxylic acids is 1. The van der Waals surface area contributed by atoms with Crippen molar-refractivity contribution in [3.05, 3.63) is 109 Å². The lowest BCUT2D eigenvalue weighted by molar-refractivity contribution is -0.145. The molecule has 43 heavy (non-hydrogen) atoms. The maximum absolute atomic E-state index is 11.8. The topological polar surface area (TPSA) is 122 Å². The molecule has 2 heterocycles. The van der Waals surface area contributed by atoms with E-state index in [0.717, 1.165) is 33.8 Å². The van der Waals surface area contributed by atoms with Crippen LogP contribution in [0.4, 0.5) is 11.6 Å². The summed E-state index contributed by atoms with van der Waals surface area (Å²) in [5.41, 5.74) is 5.31. The van der Waals surface area contributed by atoms with Gasteiger partial charge < -0.3 is 20.3 Å². The molecule has 5 aromatic rings. The van der Waals surface area contributed by atoms with Gasteiger partial charge in [-0.2, -0.15) is 10.1 Å². The highest BCUT2D eigenvalue weighted by molar-refractivity contribution is 5.76. The van der Waals surface area contributed by atoms with Gasteiger partial charge in [-0.25, -0.2) is 9.67 Å². The predicted molar refractivity (Wildman–Crippen MR) is 166 cm³/mol. The van der Waals surface area contributed by atoms with E-state index in [0.29, 0.717) is 24.6 Å². The van der Waals surface area contributed by atoms with Crippen LogP contribution in [-0.2, 0) is 16.0 Å². The largest absolute Gasteiger partial charge is 0.466 e. The van der Waals surface area contributed by atoms with E-state index in [9.17, 15) is 15.0 Å². The van der Waals surface area contributed by atoms with Crippen molar-refractivity contribution in [2.45, 2.75) is 44.8 Å². The Labute approximate surface area is 250 Å². The number of hydrogen-bond donors (Lipinski definition) is 3. The lowest BCUT2D eigenvalue weighted by Crippen LogP contribution is -2.22. The first-order valence-corrected chi connectivity index (χ1v) is 14.4. The Morgan fingerprint density at radius 3 is 2.21 bits per heavy atom.